The number of benzene rings is 1. The summed E-state index contributed by atoms with van der Waals surface area (Å²) in [6, 6.07) is 13.6. The molecule has 6 nitrogen and oxygen atoms in total. The summed E-state index contributed by atoms with van der Waals surface area (Å²) < 4.78 is 0. The lowest BCUT2D eigenvalue weighted by molar-refractivity contribution is -0.114. The Hall–Kier alpha value is -2.93. The Balaban J connectivity index is 1.56. The maximum Gasteiger partial charge on any atom is 0.221 e. The van der Waals surface area contributed by atoms with E-state index < -0.39 is 0 Å². The molecule has 0 radical (unpaired) electrons. The Morgan fingerprint density at radius 1 is 1.15 bits per heavy atom. The van der Waals surface area contributed by atoms with E-state index in [1.54, 1.807) is 24.3 Å². The maximum absolute atomic E-state index is 11.1. The van der Waals surface area contributed by atoms with Crippen LogP contribution in [0.5, 0.6) is 0 Å². The van der Waals surface area contributed by atoms with Crippen LogP contribution in [0.4, 0.5) is 11.5 Å². The SMILES string of the molecule is CC(=O)Nc1ccc(Sc2cc(NCCc3cccnc3)ncn2)cc1. The molecule has 2 aromatic heterocycles. The van der Waals surface area contributed by atoms with Gasteiger partial charge in [-0.3, -0.25) is 9.78 Å². The van der Waals surface area contributed by atoms with Crippen molar-refractivity contribution in [1.82, 2.24) is 15.0 Å². The van der Waals surface area contributed by atoms with Crippen molar-refractivity contribution < 1.29 is 4.79 Å². The Kier molecular flexibility index (Phi) is 6.16. The van der Waals surface area contributed by atoms with E-state index in [1.807, 2.05) is 42.6 Å². The van der Waals surface area contributed by atoms with Gasteiger partial charge >= 0.3 is 0 Å². The monoisotopic (exact) mass is 365 g/mol. The number of pyridine rings is 1. The summed E-state index contributed by atoms with van der Waals surface area (Å²) in [5, 5.41) is 6.92. The molecular formula is C19H19N5OS. The fourth-order valence-electron chi connectivity index (χ4n) is 2.30. The standard InChI is InChI=1S/C19H19N5OS/c1-14(25)24-16-4-6-17(7-5-16)26-19-11-18(22-13-23-19)21-10-8-15-3-2-9-20-12-15/h2-7,9,11-13H,8,10H2,1H3,(H,24,25)(H,21,22,23). The fraction of sp³-hybridized carbons (Fsp3) is 0.158. The molecule has 26 heavy (non-hydrogen) atoms. The van der Waals surface area contributed by atoms with Gasteiger partial charge in [-0.25, -0.2) is 9.97 Å². The number of amides is 1. The number of carbonyl (C=O) groups is 1. The first-order valence-electron chi connectivity index (χ1n) is 8.19. The molecule has 0 saturated carbocycles. The highest BCUT2D eigenvalue weighted by atomic mass is 32.2. The molecule has 0 saturated heterocycles. The van der Waals surface area contributed by atoms with Crippen LogP contribution in [0.1, 0.15) is 12.5 Å². The third-order valence-electron chi connectivity index (χ3n) is 3.48. The van der Waals surface area contributed by atoms with Gasteiger partial charge in [0.05, 0.1) is 0 Å². The van der Waals surface area contributed by atoms with Gasteiger partial charge in [-0.2, -0.15) is 0 Å². The summed E-state index contributed by atoms with van der Waals surface area (Å²) in [4.78, 5) is 24.8. The van der Waals surface area contributed by atoms with Crippen LogP contribution in [0.3, 0.4) is 0 Å². The third kappa shape index (κ3) is 5.56. The summed E-state index contributed by atoms with van der Waals surface area (Å²) in [5.74, 6) is 0.712. The summed E-state index contributed by atoms with van der Waals surface area (Å²) in [7, 11) is 0. The van der Waals surface area contributed by atoms with Gasteiger partial charge in [-0.15, -0.1) is 0 Å². The molecule has 3 rings (SSSR count). The summed E-state index contributed by atoms with van der Waals surface area (Å²) >= 11 is 1.55. The van der Waals surface area contributed by atoms with Crippen molar-refractivity contribution in [2.24, 2.45) is 0 Å². The Bertz CT molecular complexity index is 855. The lowest BCUT2D eigenvalue weighted by Crippen LogP contribution is -2.06. The Morgan fingerprint density at radius 2 is 2.00 bits per heavy atom. The zero-order valence-corrected chi connectivity index (χ0v) is 15.2. The molecule has 1 aromatic carbocycles. The van der Waals surface area contributed by atoms with E-state index in [2.05, 4.69) is 31.7 Å². The lowest BCUT2D eigenvalue weighted by atomic mass is 10.2. The zero-order chi connectivity index (χ0) is 18.2. The molecule has 0 aliphatic heterocycles. The van der Waals surface area contributed by atoms with Gasteiger partial charge in [0.1, 0.15) is 17.2 Å². The van der Waals surface area contributed by atoms with Crippen LogP contribution < -0.4 is 10.6 Å². The number of nitrogens with zero attached hydrogens (tertiary/aromatic N) is 3. The molecule has 7 heteroatoms. The van der Waals surface area contributed by atoms with Crippen LogP contribution >= 0.6 is 11.8 Å². The van der Waals surface area contributed by atoms with Gasteiger partial charge in [-0.05, 0) is 42.3 Å². The second-order valence-corrected chi connectivity index (χ2v) is 6.68. The molecule has 2 heterocycles. The second kappa shape index (κ2) is 8.96. The molecule has 2 N–H and O–H groups in total. The molecule has 0 bridgehead atoms. The molecular weight excluding hydrogens is 346 g/mol. The normalized spacial score (nSPS) is 10.3. The zero-order valence-electron chi connectivity index (χ0n) is 14.3. The predicted octanol–water partition coefficient (Wildman–Crippen LogP) is 3.64. The molecule has 1 amide bonds. The highest BCUT2D eigenvalue weighted by Gasteiger charge is 2.03. The quantitative estimate of drug-likeness (QED) is 0.622. The van der Waals surface area contributed by atoms with Crippen LogP contribution in [0.15, 0.2) is 71.1 Å². The molecule has 0 atom stereocenters. The van der Waals surface area contributed by atoms with Gasteiger partial charge in [0.2, 0.25) is 5.91 Å². The van der Waals surface area contributed by atoms with Crippen molar-refractivity contribution in [2.45, 2.75) is 23.3 Å². The van der Waals surface area contributed by atoms with Gasteiger partial charge in [0.15, 0.2) is 0 Å². The average Bonchev–Trinajstić information content (AvgIpc) is 2.64. The van der Waals surface area contributed by atoms with Crippen LogP contribution in [-0.2, 0) is 11.2 Å². The second-order valence-electron chi connectivity index (χ2n) is 5.59. The largest absolute Gasteiger partial charge is 0.370 e. The van der Waals surface area contributed by atoms with Gasteiger partial charge < -0.3 is 10.6 Å². The van der Waals surface area contributed by atoms with Crippen molar-refractivity contribution in [1.29, 1.82) is 0 Å². The molecule has 0 aliphatic rings. The smallest absolute Gasteiger partial charge is 0.221 e. The molecule has 132 valence electrons. The minimum atomic E-state index is -0.0804. The van der Waals surface area contributed by atoms with Gasteiger partial charge in [-0.1, -0.05) is 17.8 Å². The van der Waals surface area contributed by atoms with Gasteiger partial charge in [0.25, 0.3) is 0 Å². The Morgan fingerprint density at radius 3 is 2.73 bits per heavy atom. The number of carbonyl (C=O) groups excluding carboxylic acids is 1. The van der Waals surface area contributed by atoms with Crippen LogP contribution in [-0.4, -0.2) is 27.4 Å². The van der Waals surface area contributed by atoms with Crippen molar-refractivity contribution >= 4 is 29.2 Å². The van der Waals surface area contributed by atoms with E-state index in [1.165, 1.54) is 12.5 Å². The van der Waals surface area contributed by atoms with E-state index in [9.17, 15) is 4.79 Å². The molecule has 0 spiro atoms. The minimum absolute atomic E-state index is 0.0804. The first-order valence-corrected chi connectivity index (χ1v) is 9.01. The van der Waals surface area contributed by atoms with E-state index in [-0.39, 0.29) is 5.91 Å². The number of anilines is 2. The summed E-state index contributed by atoms with van der Waals surface area (Å²) in [5.41, 5.74) is 1.96. The first-order chi connectivity index (χ1) is 12.7. The van der Waals surface area contributed by atoms with Crippen molar-refractivity contribution in [2.75, 3.05) is 17.2 Å². The van der Waals surface area contributed by atoms with Crippen molar-refractivity contribution in [3.8, 4) is 0 Å². The van der Waals surface area contributed by atoms with E-state index in [4.69, 9.17) is 0 Å². The number of nitrogens with one attached hydrogen (secondary N) is 2. The minimum Gasteiger partial charge on any atom is -0.370 e. The molecule has 0 fully saturated rings. The maximum atomic E-state index is 11.1. The Labute approximate surface area is 156 Å². The lowest BCUT2D eigenvalue weighted by Gasteiger charge is -2.07. The predicted molar refractivity (Wildman–Crippen MR) is 103 cm³/mol. The van der Waals surface area contributed by atoms with E-state index in [0.29, 0.717) is 0 Å². The van der Waals surface area contributed by atoms with Crippen molar-refractivity contribution in [3.05, 3.63) is 66.7 Å². The number of hydrogen-bond acceptors (Lipinski definition) is 6. The highest BCUT2D eigenvalue weighted by Crippen LogP contribution is 2.27. The third-order valence-corrected chi connectivity index (χ3v) is 4.42. The average molecular weight is 365 g/mol. The van der Waals surface area contributed by atoms with Crippen LogP contribution in [0.25, 0.3) is 0 Å². The first kappa shape index (κ1) is 17.9. The van der Waals surface area contributed by atoms with Crippen molar-refractivity contribution in [3.63, 3.8) is 0 Å². The van der Waals surface area contributed by atoms with Crippen LogP contribution in [0.2, 0.25) is 0 Å². The molecule has 0 unspecified atom stereocenters. The number of rotatable bonds is 7. The summed E-state index contributed by atoms with van der Waals surface area (Å²) in [6.07, 6.45) is 6.08. The number of aromatic nitrogens is 3. The topological polar surface area (TPSA) is 79.8 Å². The molecule has 3 aromatic rings. The van der Waals surface area contributed by atoms with Gasteiger partial charge in [0, 0.05) is 42.5 Å². The number of hydrogen-bond donors (Lipinski definition) is 2. The summed E-state index contributed by atoms with van der Waals surface area (Å²) in [6.45, 7) is 2.27. The highest BCUT2D eigenvalue weighted by molar-refractivity contribution is 7.99. The molecule has 0 aliphatic carbocycles. The van der Waals surface area contributed by atoms with E-state index in [0.717, 1.165) is 34.4 Å². The fourth-order valence-corrected chi connectivity index (χ4v) is 3.09. The van der Waals surface area contributed by atoms with E-state index >= 15 is 0 Å². The van der Waals surface area contributed by atoms with Crippen LogP contribution in [0, 0.1) is 0 Å².